The topological polar surface area (TPSA) is 88.0 Å². The minimum atomic E-state index is -1.02. The molecule has 80 valence electrons. The van der Waals surface area contributed by atoms with Crippen molar-refractivity contribution < 1.29 is 24.5 Å². The summed E-state index contributed by atoms with van der Waals surface area (Å²) in [5.74, 6) is 0. The highest BCUT2D eigenvalue weighted by atomic mass is 16.6. The van der Waals surface area contributed by atoms with Crippen LogP contribution < -0.4 is 5.32 Å². The molecule has 14 heavy (non-hydrogen) atoms. The highest BCUT2D eigenvalue weighted by Gasteiger charge is 2.51. The molecule has 4 unspecified atom stereocenters. The average molecular weight is 203 g/mol. The van der Waals surface area contributed by atoms with Crippen LogP contribution in [0.4, 0.5) is 4.79 Å². The molecule has 0 aromatic heterocycles. The van der Waals surface area contributed by atoms with Gasteiger partial charge in [-0.25, -0.2) is 4.79 Å². The summed E-state index contributed by atoms with van der Waals surface area (Å²) in [6.45, 7) is 0. The van der Waals surface area contributed by atoms with Crippen LogP contribution in [0.1, 0.15) is 12.8 Å². The number of aliphatic hydroxyl groups is 2. The van der Waals surface area contributed by atoms with E-state index < -0.39 is 30.1 Å². The highest BCUT2D eigenvalue weighted by molar-refractivity contribution is 5.69. The van der Waals surface area contributed by atoms with Crippen molar-refractivity contribution in [2.75, 3.05) is 7.11 Å². The molecular weight excluding hydrogens is 190 g/mol. The minimum Gasteiger partial charge on any atom is -0.443 e. The van der Waals surface area contributed by atoms with Crippen molar-refractivity contribution in [2.45, 2.75) is 36.9 Å². The van der Waals surface area contributed by atoms with E-state index in [0.29, 0.717) is 6.42 Å². The lowest BCUT2D eigenvalue weighted by atomic mass is 9.84. The van der Waals surface area contributed by atoms with Gasteiger partial charge in [-0.2, -0.15) is 0 Å². The molecule has 0 radical (unpaired) electrons. The van der Waals surface area contributed by atoms with Crippen LogP contribution in [0.5, 0.6) is 0 Å². The lowest BCUT2D eigenvalue weighted by molar-refractivity contribution is -0.195. The van der Waals surface area contributed by atoms with Gasteiger partial charge in [0.2, 0.25) is 0 Å². The first-order chi connectivity index (χ1) is 6.56. The number of alkyl carbamates (subject to hydrolysis) is 1. The van der Waals surface area contributed by atoms with Gasteiger partial charge in [0.05, 0.1) is 6.10 Å². The lowest BCUT2D eigenvalue weighted by Crippen LogP contribution is -2.66. The maximum absolute atomic E-state index is 11.1. The van der Waals surface area contributed by atoms with Gasteiger partial charge in [0, 0.05) is 20.0 Å². The molecule has 1 heterocycles. The number of ether oxygens (including phenoxy) is 2. The van der Waals surface area contributed by atoms with Gasteiger partial charge in [0.25, 0.3) is 0 Å². The van der Waals surface area contributed by atoms with Gasteiger partial charge in [0.1, 0.15) is 17.9 Å². The van der Waals surface area contributed by atoms with Crippen molar-refractivity contribution in [1.82, 2.24) is 5.32 Å². The van der Waals surface area contributed by atoms with Gasteiger partial charge in [0.15, 0.2) is 0 Å². The predicted octanol–water partition coefficient (Wildman–Crippen LogP) is -1.05. The molecule has 6 heteroatoms. The number of nitrogens with one attached hydrogen (secondary N) is 1. The van der Waals surface area contributed by atoms with E-state index in [1.807, 2.05) is 0 Å². The number of hydrogen-bond acceptors (Lipinski definition) is 5. The first-order valence-corrected chi connectivity index (χ1v) is 4.46. The number of rotatable bonds is 1. The zero-order valence-electron chi connectivity index (χ0n) is 7.77. The minimum absolute atomic E-state index is 0.177. The van der Waals surface area contributed by atoms with Crippen molar-refractivity contribution in [1.29, 1.82) is 0 Å². The summed E-state index contributed by atoms with van der Waals surface area (Å²) in [4.78, 5) is 11.1. The number of hydrogen-bond donors (Lipinski definition) is 3. The van der Waals surface area contributed by atoms with Crippen molar-refractivity contribution in [3.05, 3.63) is 0 Å². The molecule has 4 atom stereocenters. The summed E-state index contributed by atoms with van der Waals surface area (Å²) >= 11 is 0. The number of amides is 1. The molecule has 6 nitrogen and oxygen atoms in total. The summed E-state index contributed by atoms with van der Waals surface area (Å²) in [7, 11) is 1.45. The van der Waals surface area contributed by atoms with Crippen LogP contribution in [0.3, 0.4) is 0 Å². The average Bonchev–Trinajstić information content (AvgIpc) is 2.14. The first kappa shape index (κ1) is 9.70. The highest BCUT2D eigenvalue weighted by Crippen LogP contribution is 2.34. The Labute approximate surface area is 80.8 Å². The van der Waals surface area contributed by atoms with E-state index in [1.165, 1.54) is 7.11 Å². The number of carbonyl (C=O) groups excluding carboxylic acids is 1. The third-order valence-corrected chi connectivity index (χ3v) is 2.82. The second-order valence-electron chi connectivity index (χ2n) is 3.73. The predicted molar refractivity (Wildman–Crippen MR) is 44.4 cm³/mol. The van der Waals surface area contributed by atoms with E-state index in [-0.39, 0.29) is 6.42 Å². The Morgan fingerprint density at radius 3 is 2.93 bits per heavy atom. The molecule has 2 rings (SSSR count). The number of methoxy groups -OCH3 is 1. The normalized spacial score (nSPS) is 46.8. The standard InChI is InChI=1S/C8H13NO5/c1-13-8-2-4(10)6(11)5(3-8)14-7(12)9-8/h4-6,10-11H,2-3H2,1H3,(H,9,12). The Balaban J connectivity index is 2.23. The van der Waals surface area contributed by atoms with Crippen LogP contribution in [0.25, 0.3) is 0 Å². The Morgan fingerprint density at radius 1 is 1.57 bits per heavy atom. The fourth-order valence-corrected chi connectivity index (χ4v) is 2.02. The molecule has 0 aromatic carbocycles. The van der Waals surface area contributed by atoms with Gasteiger partial charge in [-0.05, 0) is 0 Å². The van der Waals surface area contributed by atoms with Gasteiger partial charge < -0.3 is 19.7 Å². The van der Waals surface area contributed by atoms with E-state index in [0.717, 1.165) is 0 Å². The summed E-state index contributed by atoms with van der Waals surface area (Å²) in [6, 6.07) is 0. The Morgan fingerprint density at radius 2 is 2.29 bits per heavy atom. The second kappa shape index (κ2) is 3.08. The summed E-state index contributed by atoms with van der Waals surface area (Å²) in [6.07, 6.45) is -2.73. The van der Waals surface area contributed by atoms with Crippen LogP contribution >= 0.6 is 0 Å². The third-order valence-electron chi connectivity index (χ3n) is 2.82. The monoisotopic (exact) mass is 203 g/mol. The molecule has 1 aliphatic heterocycles. The smallest absolute Gasteiger partial charge is 0.409 e. The molecule has 1 saturated carbocycles. The van der Waals surface area contributed by atoms with Crippen LogP contribution in [-0.2, 0) is 9.47 Å². The second-order valence-corrected chi connectivity index (χ2v) is 3.73. The zero-order valence-corrected chi connectivity index (χ0v) is 7.77. The van der Waals surface area contributed by atoms with Crippen molar-refractivity contribution in [2.24, 2.45) is 0 Å². The zero-order chi connectivity index (χ0) is 10.3. The molecule has 3 N–H and O–H groups in total. The van der Waals surface area contributed by atoms with Crippen LogP contribution in [0.2, 0.25) is 0 Å². The van der Waals surface area contributed by atoms with Gasteiger partial charge in [-0.1, -0.05) is 0 Å². The molecular formula is C8H13NO5. The number of aliphatic hydroxyl groups excluding tert-OH is 2. The maximum atomic E-state index is 11.1. The van der Waals surface area contributed by atoms with Gasteiger partial charge in [-0.3, -0.25) is 5.32 Å². The van der Waals surface area contributed by atoms with Crippen LogP contribution in [-0.4, -0.2) is 47.5 Å². The maximum Gasteiger partial charge on any atom is 0.409 e. The van der Waals surface area contributed by atoms with Gasteiger partial charge in [-0.15, -0.1) is 0 Å². The van der Waals surface area contributed by atoms with Crippen molar-refractivity contribution in [3.63, 3.8) is 0 Å². The van der Waals surface area contributed by atoms with Crippen molar-refractivity contribution >= 4 is 6.09 Å². The Bertz CT molecular complexity index is 254. The molecule has 0 spiro atoms. The first-order valence-electron chi connectivity index (χ1n) is 4.46. The molecule has 1 amide bonds. The molecule has 2 fully saturated rings. The number of fused-ring (bicyclic) bond motifs is 2. The molecule has 1 aliphatic carbocycles. The summed E-state index contributed by atoms with van der Waals surface area (Å²) in [5.41, 5.74) is -0.890. The fourth-order valence-electron chi connectivity index (χ4n) is 2.02. The third kappa shape index (κ3) is 1.35. The van der Waals surface area contributed by atoms with Crippen LogP contribution in [0.15, 0.2) is 0 Å². The van der Waals surface area contributed by atoms with E-state index in [9.17, 15) is 15.0 Å². The quantitative estimate of drug-likeness (QED) is 0.506. The number of carbonyl (C=O) groups is 1. The lowest BCUT2D eigenvalue weighted by Gasteiger charge is -2.47. The molecule has 1 saturated heterocycles. The molecule has 2 bridgehead atoms. The largest absolute Gasteiger partial charge is 0.443 e. The summed E-state index contributed by atoms with van der Waals surface area (Å²) in [5, 5.41) is 21.5. The SMILES string of the molecule is COC12CC(O)C(O)C(C1)OC(=O)N2. The Kier molecular flexibility index (Phi) is 2.13. The van der Waals surface area contributed by atoms with E-state index >= 15 is 0 Å². The Hall–Kier alpha value is -0.850. The van der Waals surface area contributed by atoms with Gasteiger partial charge >= 0.3 is 6.09 Å². The van der Waals surface area contributed by atoms with E-state index in [2.05, 4.69) is 5.32 Å². The summed E-state index contributed by atoms with van der Waals surface area (Å²) < 4.78 is 9.98. The molecule has 0 aromatic rings. The molecule has 2 aliphatic rings. The fraction of sp³-hybridized carbons (Fsp3) is 0.875. The van der Waals surface area contributed by atoms with Crippen LogP contribution in [0, 0.1) is 0 Å². The van der Waals surface area contributed by atoms with E-state index in [1.54, 1.807) is 0 Å². The van der Waals surface area contributed by atoms with Crippen molar-refractivity contribution in [3.8, 4) is 0 Å². The van der Waals surface area contributed by atoms with E-state index in [4.69, 9.17) is 9.47 Å².